The molecule has 6 heteroatoms. The van der Waals surface area contributed by atoms with E-state index in [1.165, 1.54) is 19.3 Å². The van der Waals surface area contributed by atoms with Crippen molar-refractivity contribution in [2.75, 3.05) is 32.9 Å². The minimum absolute atomic E-state index is 0.227. The highest BCUT2D eigenvalue weighted by molar-refractivity contribution is 4.83. The van der Waals surface area contributed by atoms with Crippen molar-refractivity contribution in [1.82, 2.24) is 14.7 Å². The van der Waals surface area contributed by atoms with Crippen molar-refractivity contribution >= 4 is 0 Å². The van der Waals surface area contributed by atoms with Gasteiger partial charge in [-0.1, -0.05) is 6.42 Å². The minimum atomic E-state index is -0.436. The summed E-state index contributed by atoms with van der Waals surface area (Å²) in [7, 11) is 0. The van der Waals surface area contributed by atoms with E-state index >= 15 is 0 Å². The number of aromatic nitrogens is 2. The first-order valence-corrected chi connectivity index (χ1v) is 8.90. The van der Waals surface area contributed by atoms with E-state index in [1.54, 1.807) is 0 Å². The zero-order valence-corrected chi connectivity index (χ0v) is 13.8. The lowest BCUT2D eigenvalue weighted by Gasteiger charge is -2.36. The highest BCUT2D eigenvalue weighted by atomic mass is 16.5. The van der Waals surface area contributed by atoms with Gasteiger partial charge < -0.3 is 14.6 Å². The van der Waals surface area contributed by atoms with Crippen molar-refractivity contribution in [3.8, 4) is 0 Å². The summed E-state index contributed by atoms with van der Waals surface area (Å²) >= 11 is 0. The molecule has 1 aromatic heterocycles. The van der Waals surface area contributed by atoms with Crippen molar-refractivity contribution in [3.05, 3.63) is 18.5 Å². The minimum Gasteiger partial charge on any atom is -0.389 e. The van der Waals surface area contributed by atoms with Crippen LogP contribution < -0.4 is 0 Å². The lowest BCUT2D eigenvalue weighted by molar-refractivity contribution is -0.0322. The number of nitrogens with zero attached hydrogens (tertiary/aromatic N) is 3. The molecule has 3 rings (SSSR count). The first-order chi connectivity index (χ1) is 11.3. The predicted molar refractivity (Wildman–Crippen MR) is 87.2 cm³/mol. The van der Waals surface area contributed by atoms with E-state index in [9.17, 15) is 5.11 Å². The molecule has 0 aliphatic carbocycles. The monoisotopic (exact) mass is 323 g/mol. The second-order valence-corrected chi connectivity index (χ2v) is 6.70. The van der Waals surface area contributed by atoms with Gasteiger partial charge in [0.2, 0.25) is 0 Å². The van der Waals surface area contributed by atoms with E-state index in [-0.39, 0.29) is 6.10 Å². The predicted octanol–water partition coefficient (Wildman–Crippen LogP) is 1.29. The maximum absolute atomic E-state index is 10.3. The summed E-state index contributed by atoms with van der Waals surface area (Å²) in [5.74, 6) is 0. The molecular formula is C17H29N3O3. The largest absolute Gasteiger partial charge is 0.389 e. The first-order valence-electron chi connectivity index (χ1n) is 8.90. The van der Waals surface area contributed by atoms with Crippen LogP contribution in [0, 0.1) is 0 Å². The maximum atomic E-state index is 10.3. The molecule has 1 aromatic rings. The van der Waals surface area contributed by atoms with E-state index in [4.69, 9.17) is 9.47 Å². The topological polar surface area (TPSA) is 59.8 Å². The van der Waals surface area contributed by atoms with E-state index in [1.807, 2.05) is 23.1 Å². The molecule has 0 spiro atoms. The van der Waals surface area contributed by atoms with Crippen molar-refractivity contribution < 1.29 is 14.6 Å². The molecule has 2 aliphatic rings. The van der Waals surface area contributed by atoms with E-state index in [2.05, 4.69) is 10.00 Å². The molecule has 3 heterocycles. The number of ether oxygens (including phenoxy) is 2. The van der Waals surface area contributed by atoms with Crippen LogP contribution >= 0.6 is 0 Å². The summed E-state index contributed by atoms with van der Waals surface area (Å²) in [6.45, 7) is 4.47. The Morgan fingerprint density at radius 3 is 3.04 bits per heavy atom. The van der Waals surface area contributed by atoms with Gasteiger partial charge in [-0.05, 0) is 38.3 Å². The van der Waals surface area contributed by atoms with Crippen molar-refractivity contribution in [1.29, 1.82) is 0 Å². The standard InChI is InChI=1S/C17H29N3O3/c21-16(13-22-14-17-6-3-10-23-17)12-19-8-2-1-5-15(19)11-20-9-4-7-18-20/h4,7,9,15-17,21H,1-3,5-6,8,10-14H2/t15-,16+,17+/m1/s1. The Labute approximate surface area is 138 Å². The third kappa shape index (κ3) is 5.28. The Kier molecular flexibility index (Phi) is 6.45. The zero-order chi connectivity index (χ0) is 15.9. The highest BCUT2D eigenvalue weighted by Gasteiger charge is 2.25. The third-order valence-electron chi connectivity index (χ3n) is 4.79. The van der Waals surface area contributed by atoms with Gasteiger partial charge in [0.15, 0.2) is 0 Å². The fourth-order valence-electron chi connectivity index (χ4n) is 3.57. The zero-order valence-electron chi connectivity index (χ0n) is 13.8. The second kappa shape index (κ2) is 8.78. The normalized spacial score (nSPS) is 27.3. The van der Waals surface area contributed by atoms with E-state index < -0.39 is 6.10 Å². The molecule has 6 nitrogen and oxygen atoms in total. The van der Waals surface area contributed by atoms with Crippen LogP contribution in [0.25, 0.3) is 0 Å². The van der Waals surface area contributed by atoms with Crippen LogP contribution in [0.2, 0.25) is 0 Å². The van der Waals surface area contributed by atoms with Gasteiger partial charge in [-0.25, -0.2) is 0 Å². The van der Waals surface area contributed by atoms with Crippen LogP contribution in [0.3, 0.4) is 0 Å². The summed E-state index contributed by atoms with van der Waals surface area (Å²) in [5, 5.41) is 14.6. The molecule has 0 saturated carbocycles. The molecule has 0 unspecified atom stereocenters. The number of rotatable bonds is 8. The molecule has 3 atom stereocenters. The first kappa shape index (κ1) is 16.9. The molecule has 1 N–H and O–H groups in total. The van der Waals surface area contributed by atoms with Crippen LogP contribution in [0.15, 0.2) is 18.5 Å². The molecule has 0 aromatic carbocycles. The second-order valence-electron chi connectivity index (χ2n) is 6.70. The Balaban J connectivity index is 1.40. The lowest BCUT2D eigenvalue weighted by atomic mass is 10.0. The molecule has 130 valence electrons. The quantitative estimate of drug-likeness (QED) is 0.781. The third-order valence-corrected chi connectivity index (χ3v) is 4.79. The number of aliphatic hydroxyl groups excluding tert-OH is 1. The Morgan fingerprint density at radius 1 is 1.30 bits per heavy atom. The Morgan fingerprint density at radius 2 is 2.26 bits per heavy atom. The fraction of sp³-hybridized carbons (Fsp3) is 0.824. The Hall–Kier alpha value is -0.950. The van der Waals surface area contributed by atoms with Crippen LogP contribution in [0.5, 0.6) is 0 Å². The molecule has 2 fully saturated rings. The van der Waals surface area contributed by atoms with E-state index in [0.29, 0.717) is 25.8 Å². The van der Waals surface area contributed by atoms with Crippen LogP contribution in [0.4, 0.5) is 0 Å². The highest BCUT2D eigenvalue weighted by Crippen LogP contribution is 2.19. The van der Waals surface area contributed by atoms with Crippen LogP contribution in [-0.2, 0) is 16.0 Å². The van der Waals surface area contributed by atoms with Gasteiger partial charge in [0.05, 0.1) is 32.0 Å². The summed E-state index contributed by atoms with van der Waals surface area (Å²) in [4.78, 5) is 2.39. The molecule has 2 saturated heterocycles. The van der Waals surface area contributed by atoms with Crippen molar-refractivity contribution in [2.24, 2.45) is 0 Å². The van der Waals surface area contributed by atoms with Crippen LogP contribution in [-0.4, -0.2) is 70.9 Å². The molecule has 2 aliphatic heterocycles. The summed E-state index contributed by atoms with van der Waals surface area (Å²) in [5.41, 5.74) is 0. The van der Waals surface area contributed by atoms with Gasteiger partial charge in [-0.3, -0.25) is 9.58 Å². The Bertz CT molecular complexity index is 434. The smallest absolute Gasteiger partial charge is 0.0900 e. The number of hydrogen-bond acceptors (Lipinski definition) is 5. The SMILES string of the molecule is O[C@H](COC[C@@H]1CCCO1)CN1CCCC[C@@H]1Cn1cccn1. The molecule has 23 heavy (non-hydrogen) atoms. The summed E-state index contributed by atoms with van der Waals surface area (Å²) in [6.07, 6.45) is 9.46. The maximum Gasteiger partial charge on any atom is 0.0900 e. The van der Waals surface area contributed by atoms with Crippen molar-refractivity contribution in [2.45, 2.75) is 56.9 Å². The van der Waals surface area contributed by atoms with Crippen LogP contribution in [0.1, 0.15) is 32.1 Å². The van der Waals surface area contributed by atoms with Gasteiger partial charge in [-0.2, -0.15) is 5.10 Å². The van der Waals surface area contributed by atoms with E-state index in [0.717, 1.165) is 32.5 Å². The van der Waals surface area contributed by atoms with Gasteiger partial charge >= 0.3 is 0 Å². The molecular weight excluding hydrogens is 294 g/mol. The van der Waals surface area contributed by atoms with Gasteiger partial charge in [-0.15, -0.1) is 0 Å². The molecule has 0 amide bonds. The average Bonchev–Trinajstić information content (AvgIpc) is 3.23. The summed E-state index contributed by atoms with van der Waals surface area (Å²) < 4.78 is 13.2. The number of β-amino-alcohol motifs (C(OH)–C–C–N with tert-alkyl or cyclic N) is 1. The average molecular weight is 323 g/mol. The number of aliphatic hydroxyl groups is 1. The summed E-state index contributed by atoms with van der Waals surface area (Å²) in [6, 6.07) is 2.41. The number of piperidine rings is 1. The number of likely N-dealkylation sites (tertiary alicyclic amines) is 1. The lowest BCUT2D eigenvalue weighted by Crippen LogP contribution is -2.46. The molecule has 0 radical (unpaired) electrons. The fourth-order valence-corrected chi connectivity index (χ4v) is 3.57. The van der Waals surface area contributed by atoms with Gasteiger partial charge in [0.25, 0.3) is 0 Å². The van der Waals surface area contributed by atoms with Gasteiger partial charge in [0, 0.05) is 31.6 Å². The number of hydrogen-bond donors (Lipinski definition) is 1. The molecule has 0 bridgehead atoms. The van der Waals surface area contributed by atoms with Crippen molar-refractivity contribution in [3.63, 3.8) is 0 Å². The van der Waals surface area contributed by atoms with Gasteiger partial charge in [0.1, 0.15) is 0 Å².